The minimum absolute atomic E-state index is 0. The molecule has 2 aromatic carbocycles. The van der Waals surface area contributed by atoms with Gasteiger partial charge in [-0.1, -0.05) is 23.5 Å². The molecule has 0 amide bonds. The normalized spacial score (nSPS) is 12.4. The van der Waals surface area contributed by atoms with Crippen molar-refractivity contribution in [2.24, 2.45) is 4.99 Å². The van der Waals surface area contributed by atoms with Crippen LogP contribution in [0.5, 0.6) is 11.5 Å². The third kappa shape index (κ3) is 3.47. The quantitative estimate of drug-likeness (QED) is 0.533. The van der Waals surface area contributed by atoms with Gasteiger partial charge >= 0.3 is 17.1 Å². The first-order valence-electron chi connectivity index (χ1n) is 7.73. The van der Waals surface area contributed by atoms with Crippen LogP contribution in [0.4, 0.5) is 5.13 Å². The molecule has 25 heavy (non-hydrogen) atoms. The maximum Gasteiger partial charge on any atom is 2.00 e. The topological polar surface area (TPSA) is 54.7 Å². The van der Waals surface area contributed by atoms with Crippen LogP contribution in [-0.2, 0) is 29.9 Å². The van der Waals surface area contributed by atoms with Crippen molar-refractivity contribution >= 4 is 22.7 Å². The average Bonchev–Trinajstić information content (AvgIpc) is 3.04. The van der Waals surface area contributed by atoms with Crippen molar-refractivity contribution in [3.63, 3.8) is 0 Å². The van der Waals surface area contributed by atoms with Gasteiger partial charge in [0.1, 0.15) is 11.5 Å². The van der Waals surface area contributed by atoms with Crippen molar-refractivity contribution in [1.82, 2.24) is 4.98 Å². The van der Waals surface area contributed by atoms with E-state index in [0.29, 0.717) is 10.7 Å². The molecule has 4 rings (SSSR count). The Morgan fingerprint density at radius 3 is 2.84 bits per heavy atom. The maximum atomic E-state index is 9.81. The van der Waals surface area contributed by atoms with Gasteiger partial charge in [-0.3, -0.25) is 0 Å². The summed E-state index contributed by atoms with van der Waals surface area (Å²) in [6.45, 7) is 0. The van der Waals surface area contributed by atoms with E-state index in [9.17, 15) is 5.11 Å². The number of thiazole rings is 1. The molecular weight excluding hydrogens is 375 g/mol. The van der Waals surface area contributed by atoms with Crippen LogP contribution in [0.1, 0.15) is 16.0 Å². The van der Waals surface area contributed by atoms with Crippen LogP contribution in [0, 0.1) is 0 Å². The molecular formula is C19H16MnN2O2S+2. The number of phenols is 1. The van der Waals surface area contributed by atoms with E-state index >= 15 is 0 Å². The minimum atomic E-state index is 0. The van der Waals surface area contributed by atoms with Crippen molar-refractivity contribution in [3.05, 3.63) is 58.5 Å². The summed E-state index contributed by atoms with van der Waals surface area (Å²) in [5.74, 6) is 1.10. The second-order valence-electron chi connectivity index (χ2n) is 5.61. The predicted molar refractivity (Wildman–Crippen MR) is 96.9 cm³/mol. The Hall–Kier alpha value is -2.14. The van der Waals surface area contributed by atoms with Gasteiger partial charge in [-0.15, -0.1) is 0 Å². The number of aliphatic imine (C=N–C) groups is 1. The van der Waals surface area contributed by atoms with Crippen LogP contribution >= 0.6 is 11.3 Å². The molecule has 0 fully saturated rings. The molecule has 1 aliphatic rings. The van der Waals surface area contributed by atoms with Gasteiger partial charge < -0.3 is 9.84 Å². The summed E-state index contributed by atoms with van der Waals surface area (Å²) in [6.07, 6.45) is 3.62. The number of hydrogen-bond acceptors (Lipinski definition) is 5. The first kappa shape index (κ1) is 17.7. The summed E-state index contributed by atoms with van der Waals surface area (Å²) in [4.78, 5) is 10.4. The van der Waals surface area contributed by atoms with E-state index in [-0.39, 0.29) is 22.8 Å². The number of rotatable bonds is 3. The van der Waals surface area contributed by atoms with E-state index in [2.05, 4.69) is 17.1 Å². The molecule has 4 nitrogen and oxygen atoms in total. The van der Waals surface area contributed by atoms with Crippen LogP contribution in [0.15, 0.2) is 47.5 Å². The number of fused-ring (bicyclic) bond motifs is 3. The van der Waals surface area contributed by atoms with Crippen LogP contribution in [0.25, 0.3) is 11.3 Å². The Morgan fingerprint density at radius 2 is 2.04 bits per heavy atom. The van der Waals surface area contributed by atoms with Crippen molar-refractivity contribution in [2.75, 3.05) is 7.11 Å². The standard InChI is InChI=1S/C19H16N2O2S.Mn/c1-23-14-7-8-15-12(10-14)6-9-17-18(15)21-19(24-17)20-11-13-4-2-3-5-16(13)22;/h2-5,7-8,10-11,22H,6,9H2,1H3;/q;+2/b20-11+;. The maximum absolute atomic E-state index is 9.81. The molecule has 125 valence electrons. The Labute approximate surface area is 160 Å². The number of hydrogen-bond donors (Lipinski definition) is 1. The number of para-hydroxylation sites is 1. The van der Waals surface area contributed by atoms with Gasteiger partial charge in [0.25, 0.3) is 0 Å². The van der Waals surface area contributed by atoms with Crippen molar-refractivity contribution < 1.29 is 26.9 Å². The van der Waals surface area contributed by atoms with Crippen LogP contribution in [0.2, 0.25) is 0 Å². The van der Waals surface area contributed by atoms with E-state index in [4.69, 9.17) is 9.72 Å². The summed E-state index contributed by atoms with van der Waals surface area (Å²) in [5.41, 5.74) is 4.14. The van der Waals surface area contributed by atoms with E-state index in [1.807, 2.05) is 18.2 Å². The molecule has 1 radical (unpaired) electrons. The van der Waals surface area contributed by atoms with Crippen LogP contribution in [0.3, 0.4) is 0 Å². The molecule has 3 aromatic rings. The fraction of sp³-hybridized carbons (Fsp3) is 0.158. The molecule has 1 aliphatic carbocycles. The van der Waals surface area contributed by atoms with Gasteiger partial charge in [-0.05, 0) is 48.7 Å². The number of ether oxygens (including phenoxy) is 1. The van der Waals surface area contributed by atoms with Gasteiger partial charge in [0.05, 0.1) is 12.8 Å². The second kappa shape index (κ2) is 7.40. The summed E-state index contributed by atoms with van der Waals surface area (Å²) in [5, 5.41) is 10.5. The third-order valence-electron chi connectivity index (χ3n) is 4.13. The van der Waals surface area contributed by atoms with E-state index in [1.165, 1.54) is 10.4 Å². The number of nitrogens with zero attached hydrogens (tertiary/aromatic N) is 2. The third-order valence-corrected chi connectivity index (χ3v) is 5.15. The summed E-state index contributed by atoms with van der Waals surface area (Å²) in [6, 6.07) is 13.3. The molecule has 0 bridgehead atoms. The molecule has 1 heterocycles. The zero-order chi connectivity index (χ0) is 16.5. The molecule has 0 saturated heterocycles. The number of aromatic nitrogens is 1. The minimum Gasteiger partial charge on any atom is -0.507 e. The Bertz CT molecular complexity index is 937. The molecule has 0 unspecified atom stereocenters. The number of benzene rings is 2. The number of aryl methyl sites for hydroxylation is 2. The van der Waals surface area contributed by atoms with E-state index < -0.39 is 0 Å². The molecule has 6 heteroatoms. The summed E-state index contributed by atoms with van der Waals surface area (Å²) >= 11 is 1.61. The second-order valence-corrected chi connectivity index (χ2v) is 6.67. The molecule has 0 atom stereocenters. The SMILES string of the molecule is COc1ccc2c(c1)CCc1sc(/N=C/c3ccccc3O)nc1-2.[Mn+2]. The van der Waals surface area contributed by atoms with Gasteiger partial charge in [0.2, 0.25) is 5.13 Å². The fourth-order valence-electron chi connectivity index (χ4n) is 2.88. The average molecular weight is 391 g/mol. The van der Waals surface area contributed by atoms with Crippen molar-refractivity contribution in [2.45, 2.75) is 12.8 Å². The molecule has 0 saturated carbocycles. The van der Waals surface area contributed by atoms with Crippen LogP contribution in [-0.4, -0.2) is 23.4 Å². The van der Waals surface area contributed by atoms with Gasteiger partial charge in [0.15, 0.2) is 0 Å². The number of phenolic OH excluding ortho intramolecular Hbond substituents is 1. The first-order valence-corrected chi connectivity index (χ1v) is 8.55. The van der Waals surface area contributed by atoms with Crippen molar-refractivity contribution in [1.29, 1.82) is 0 Å². The zero-order valence-corrected chi connectivity index (χ0v) is 15.6. The van der Waals surface area contributed by atoms with Gasteiger partial charge in [0, 0.05) is 22.2 Å². The van der Waals surface area contributed by atoms with Crippen molar-refractivity contribution in [3.8, 4) is 22.8 Å². The van der Waals surface area contributed by atoms with Crippen LogP contribution < -0.4 is 4.74 Å². The fourth-order valence-corrected chi connectivity index (χ4v) is 3.80. The van der Waals surface area contributed by atoms with E-state index in [0.717, 1.165) is 29.8 Å². The molecule has 0 aliphatic heterocycles. The molecule has 1 aromatic heterocycles. The van der Waals surface area contributed by atoms with E-state index in [1.54, 1.807) is 36.8 Å². The Kier molecular flexibility index (Phi) is 5.23. The Morgan fingerprint density at radius 1 is 1.20 bits per heavy atom. The summed E-state index contributed by atoms with van der Waals surface area (Å²) < 4.78 is 5.31. The van der Waals surface area contributed by atoms with Gasteiger partial charge in [-0.25, -0.2) is 9.98 Å². The molecule has 1 N–H and O–H groups in total. The monoisotopic (exact) mass is 391 g/mol. The number of aromatic hydroxyl groups is 1. The molecule has 0 spiro atoms. The smallest absolute Gasteiger partial charge is 0.507 e. The first-order chi connectivity index (χ1) is 11.7. The Balaban J connectivity index is 0.00000182. The largest absolute Gasteiger partial charge is 2.00 e. The summed E-state index contributed by atoms with van der Waals surface area (Å²) in [7, 11) is 1.69. The predicted octanol–water partition coefficient (Wildman–Crippen LogP) is 4.37. The van der Waals surface area contributed by atoms with Gasteiger partial charge in [-0.2, -0.15) is 0 Å². The number of methoxy groups -OCH3 is 1. The zero-order valence-electron chi connectivity index (χ0n) is 13.6.